The second-order valence-corrected chi connectivity index (χ2v) is 3.35. The molecule has 0 N–H and O–H groups in total. The van der Waals surface area contributed by atoms with E-state index in [1.54, 1.807) is 0 Å². The molecule has 0 spiro atoms. The number of ketones is 1. The highest BCUT2D eigenvalue weighted by atomic mass is 16.1. The van der Waals surface area contributed by atoms with E-state index in [0.717, 1.165) is 18.1 Å². The second kappa shape index (κ2) is 3.17. The summed E-state index contributed by atoms with van der Waals surface area (Å²) < 4.78 is 0. The number of anilines is 1. The molecule has 1 aliphatic rings. The van der Waals surface area contributed by atoms with Gasteiger partial charge < -0.3 is 4.90 Å². The van der Waals surface area contributed by atoms with Gasteiger partial charge >= 0.3 is 0 Å². The van der Waals surface area contributed by atoms with Crippen molar-refractivity contribution in [2.75, 3.05) is 18.0 Å². The lowest BCUT2D eigenvalue weighted by atomic mass is 10.3. The number of pyridine rings is 1. The lowest BCUT2D eigenvalue weighted by Gasteiger charge is -2.15. The molecule has 0 amide bonds. The summed E-state index contributed by atoms with van der Waals surface area (Å²) in [4.78, 5) is 17.4. The van der Waals surface area contributed by atoms with Crippen LogP contribution in [0.4, 0.5) is 5.82 Å². The third-order valence-electron chi connectivity index (χ3n) is 2.23. The SMILES string of the molecule is Cc1cccc(N2CCC(=O)C2)n1. The molecule has 0 aliphatic carbocycles. The summed E-state index contributed by atoms with van der Waals surface area (Å²) in [6.45, 7) is 3.30. The number of carbonyl (C=O) groups is 1. The predicted octanol–water partition coefficient (Wildman–Crippen LogP) is 1.17. The molecule has 1 fully saturated rings. The Labute approximate surface area is 77.4 Å². The summed E-state index contributed by atoms with van der Waals surface area (Å²) in [5.41, 5.74) is 0.997. The van der Waals surface area contributed by atoms with Crippen molar-refractivity contribution >= 4 is 11.6 Å². The summed E-state index contributed by atoms with van der Waals surface area (Å²) in [5.74, 6) is 1.23. The van der Waals surface area contributed by atoms with Crippen LogP contribution in [0.3, 0.4) is 0 Å². The Hall–Kier alpha value is -1.38. The molecule has 2 rings (SSSR count). The monoisotopic (exact) mass is 176 g/mol. The van der Waals surface area contributed by atoms with Gasteiger partial charge in [0, 0.05) is 18.7 Å². The Bertz CT molecular complexity index is 335. The van der Waals surface area contributed by atoms with Crippen molar-refractivity contribution in [3.05, 3.63) is 23.9 Å². The van der Waals surface area contributed by atoms with E-state index in [0.29, 0.717) is 18.7 Å². The van der Waals surface area contributed by atoms with Crippen LogP contribution in [-0.2, 0) is 4.79 Å². The maximum absolute atomic E-state index is 11.0. The van der Waals surface area contributed by atoms with Crippen LogP contribution in [-0.4, -0.2) is 23.9 Å². The fourth-order valence-electron chi connectivity index (χ4n) is 1.53. The molecular formula is C10H12N2O. The van der Waals surface area contributed by atoms with Gasteiger partial charge in [-0.25, -0.2) is 4.98 Å². The standard InChI is InChI=1S/C10H12N2O/c1-8-3-2-4-10(11-8)12-6-5-9(13)7-12/h2-4H,5-7H2,1H3. The van der Waals surface area contributed by atoms with Crippen LogP contribution in [0.15, 0.2) is 18.2 Å². The van der Waals surface area contributed by atoms with E-state index >= 15 is 0 Å². The maximum Gasteiger partial charge on any atom is 0.153 e. The molecule has 13 heavy (non-hydrogen) atoms. The molecular weight excluding hydrogens is 164 g/mol. The average Bonchev–Trinajstić information content (AvgIpc) is 2.52. The summed E-state index contributed by atoms with van der Waals surface area (Å²) in [6, 6.07) is 5.88. The highest BCUT2D eigenvalue weighted by molar-refractivity contribution is 5.86. The van der Waals surface area contributed by atoms with Crippen molar-refractivity contribution in [3.8, 4) is 0 Å². The number of Topliss-reactive ketones (excluding diaryl/α,β-unsaturated/α-hetero) is 1. The van der Waals surface area contributed by atoms with E-state index in [9.17, 15) is 4.79 Å². The Kier molecular flexibility index (Phi) is 2.00. The second-order valence-electron chi connectivity index (χ2n) is 3.35. The van der Waals surface area contributed by atoms with Gasteiger partial charge in [-0.3, -0.25) is 4.79 Å². The van der Waals surface area contributed by atoms with Gasteiger partial charge in [0.05, 0.1) is 6.54 Å². The van der Waals surface area contributed by atoms with Crippen molar-refractivity contribution < 1.29 is 4.79 Å². The number of hydrogen-bond acceptors (Lipinski definition) is 3. The van der Waals surface area contributed by atoms with Crippen LogP contribution < -0.4 is 4.90 Å². The summed E-state index contributed by atoms with van der Waals surface area (Å²) in [7, 11) is 0. The van der Waals surface area contributed by atoms with Gasteiger partial charge in [0.2, 0.25) is 0 Å². The van der Waals surface area contributed by atoms with Crippen LogP contribution in [0.1, 0.15) is 12.1 Å². The van der Waals surface area contributed by atoms with Crippen LogP contribution in [0.2, 0.25) is 0 Å². The van der Waals surface area contributed by atoms with Crippen molar-refractivity contribution in [2.24, 2.45) is 0 Å². The molecule has 3 heteroatoms. The van der Waals surface area contributed by atoms with E-state index in [2.05, 4.69) is 4.98 Å². The minimum Gasteiger partial charge on any atom is -0.349 e. The highest BCUT2D eigenvalue weighted by Gasteiger charge is 2.19. The number of hydrogen-bond donors (Lipinski definition) is 0. The molecule has 0 bridgehead atoms. The lowest BCUT2D eigenvalue weighted by Crippen LogP contribution is -2.20. The summed E-state index contributed by atoms with van der Waals surface area (Å²) >= 11 is 0. The molecule has 0 unspecified atom stereocenters. The third kappa shape index (κ3) is 1.69. The van der Waals surface area contributed by atoms with Gasteiger partial charge in [0.25, 0.3) is 0 Å². The van der Waals surface area contributed by atoms with E-state index < -0.39 is 0 Å². The first-order valence-electron chi connectivity index (χ1n) is 4.46. The molecule has 3 nitrogen and oxygen atoms in total. The summed E-state index contributed by atoms with van der Waals surface area (Å²) in [5, 5.41) is 0. The molecule has 0 saturated carbocycles. The van der Waals surface area contributed by atoms with E-state index in [1.165, 1.54) is 0 Å². The van der Waals surface area contributed by atoms with Gasteiger partial charge in [-0.05, 0) is 19.1 Å². The van der Waals surface area contributed by atoms with Crippen molar-refractivity contribution in [3.63, 3.8) is 0 Å². The Morgan fingerprint density at radius 1 is 1.46 bits per heavy atom. The average molecular weight is 176 g/mol. The van der Waals surface area contributed by atoms with Gasteiger partial charge in [-0.2, -0.15) is 0 Å². The van der Waals surface area contributed by atoms with Crippen LogP contribution in [0, 0.1) is 6.92 Å². The van der Waals surface area contributed by atoms with Crippen LogP contribution in [0.25, 0.3) is 0 Å². The molecule has 68 valence electrons. The minimum atomic E-state index is 0.309. The predicted molar refractivity (Wildman–Crippen MR) is 50.8 cm³/mol. The molecule has 1 saturated heterocycles. The first-order valence-corrected chi connectivity index (χ1v) is 4.46. The number of nitrogens with zero attached hydrogens (tertiary/aromatic N) is 2. The van der Waals surface area contributed by atoms with Gasteiger partial charge in [-0.1, -0.05) is 6.07 Å². The summed E-state index contributed by atoms with van der Waals surface area (Å²) in [6.07, 6.45) is 0.662. The lowest BCUT2D eigenvalue weighted by molar-refractivity contribution is -0.116. The number of aryl methyl sites for hydroxylation is 1. The third-order valence-corrected chi connectivity index (χ3v) is 2.23. The molecule has 0 radical (unpaired) electrons. The Morgan fingerprint density at radius 2 is 2.31 bits per heavy atom. The molecule has 1 aromatic rings. The maximum atomic E-state index is 11.0. The van der Waals surface area contributed by atoms with Crippen molar-refractivity contribution in [1.29, 1.82) is 0 Å². The smallest absolute Gasteiger partial charge is 0.153 e. The van der Waals surface area contributed by atoms with Crippen LogP contribution in [0.5, 0.6) is 0 Å². The van der Waals surface area contributed by atoms with Gasteiger partial charge in [0.1, 0.15) is 5.82 Å². The first-order chi connectivity index (χ1) is 6.25. The quantitative estimate of drug-likeness (QED) is 0.644. The zero-order chi connectivity index (χ0) is 9.26. The fourth-order valence-corrected chi connectivity index (χ4v) is 1.53. The number of aromatic nitrogens is 1. The van der Waals surface area contributed by atoms with E-state index in [1.807, 2.05) is 30.0 Å². The number of rotatable bonds is 1. The zero-order valence-corrected chi connectivity index (χ0v) is 7.66. The largest absolute Gasteiger partial charge is 0.349 e. The highest BCUT2D eigenvalue weighted by Crippen LogP contribution is 2.15. The van der Waals surface area contributed by atoms with Gasteiger partial charge in [-0.15, -0.1) is 0 Å². The molecule has 2 heterocycles. The van der Waals surface area contributed by atoms with Gasteiger partial charge in [0.15, 0.2) is 5.78 Å². The van der Waals surface area contributed by atoms with Crippen molar-refractivity contribution in [2.45, 2.75) is 13.3 Å². The zero-order valence-electron chi connectivity index (χ0n) is 7.66. The molecule has 1 aliphatic heterocycles. The Morgan fingerprint density at radius 3 is 2.92 bits per heavy atom. The normalized spacial score (nSPS) is 16.7. The van der Waals surface area contributed by atoms with Crippen molar-refractivity contribution in [1.82, 2.24) is 4.98 Å². The topological polar surface area (TPSA) is 33.2 Å². The molecule has 1 aromatic heterocycles. The minimum absolute atomic E-state index is 0.309. The van der Waals surface area contributed by atoms with Crippen LogP contribution >= 0.6 is 0 Å². The molecule has 0 aromatic carbocycles. The molecule has 0 atom stereocenters. The Balaban J connectivity index is 2.21. The first kappa shape index (κ1) is 8.23. The number of carbonyl (C=O) groups excluding carboxylic acids is 1. The van der Waals surface area contributed by atoms with E-state index in [4.69, 9.17) is 0 Å². The van der Waals surface area contributed by atoms with E-state index in [-0.39, 0.29) is 0 Å². The fraction of sp³-hybridized carbons (Fsp3) is 0.400.